The zero-order valence-electron chi connectivity index (χ0n) is 10.0. The molecular weight excluding hydrogens is 313 g/mol. The van der Waals surface area contributed by atoms with Crippen molar-refractivity contribution >= 4 is 21.6 Å². The van der Waals surface area contributed by atoms with Gasteiger partial charge in [0.05, 0.1) is 4.47 Å². The molecule has 0 bridgehead atoms. The minimum atomic E-state index is -0.829. The van der Waals surface area contributed by atoms with Crippen LogP contribution >= 0.6 is 15.9 Å². The summed E-state index contributed by atoms with van der Waals surface area (Å²) in [7, 11) is 0. The highest BCUT2D eigenvalue weighted by Crippen LogP contribution is 2.24. The number of rotatable bonds is 4. The van der Waals surface area contributed by atoms with Gasteiger partial charge >= 0.3 is 0 Å². The van der Waals surface area contributed by atoms with E-state index in [0.29, 0.717) is 21.5 Å². The number of para-hydroxylation sites is 1. The van der Waals surface area contributed by atoms with Gasteiger partial charge in [-0.05, 0) is 40.2 Å². The Hall–Kier alpha value is -1.59. The third kappa shape index (κ3) is 3.45. The number of hydrogen-bond donors (Lipinski definition) is 2. The molecule has 0 aromatic heterocycles. The second-order valence-corrected chi connectivity index (χ2v) is 4.89. The van der Waals surface area contributed by atoms with E-state index in [1.54, 1.807) is 24.3 Å². The highest BCUT2D eigenvalue weighted by Gasteiger charge is 2.11. The Morgan fingerprint density at radius 3 is 2.68 bits per heavy atom. The summed E-state index contributed by atoms with van der Waals surface area (Å²) in [5.41, 5.74) is 6.89. The van der Waals surface area contributed by atoms with Crippen molar-refractivity contribution in [3.63, 3.8) is 0 Å². The van der Waals surface area contributed by atoms with Crippen molar-refractivity contribution in [3.05, 3.63) is 58.3 Å². The molecule has 0 amide bonds. The van der Waals surface area contributed by atoms with Gasteiger partial charge in [0.25, 0.3) is 0 Å². The molecule has 0 aliphatic heterocycles. The van der Waals surface area contributed by atoms with E-state index in [0.717, 1.165) is 0 Å². The van der Waals surface area contributed by atoms with Gasteiger partial charge in [-0.25, -0.2) is 4.39 Å². The lowest BCUT2D eigenvalue weighted by Gasteiger charge is -2.14. The van der Waals surface area contributed by atoms with E-state index in [1.807, 2.05) is 0 Å². The summed E-state index contributed by atoms with van der Waals surface area (Å²) < 4.78 is 18.8. The van der Waals surface area contributed by atoms with Gasteiger partial charge in [0, 0.05) is 11.3 Å². The summed E-state index contributed by atoms with van der Waals surface area (Å²) in [6.07, 6.45) is -0.829. The van der Waals surface area contributed by atoms with E-state index in [1.165, 1.54) is 18.2 Å². The van der Waals surface area contributed by atoms with E-state index in [9.17, 15) is 9.50 Å². The van der Waals surface area contributed by atoms with Gasteiger partial charge in [0.15, 0.2) is 0 Å². The number of aliphatic hydroxyl groups excluding tert-OH is 1. The normalized spacial score (nSPS) is 12.2. The summed E-state index contributed by atoms with van der Waals surface area (Å²) in [5, 5.41) is 10.00. The molecule has 3 nitrogen and oxygen atoms in total. The quantitative estimate of drug-likeness (QED) is 0.848. The van der Waals surface area contributed by atoms with Crippen molar-refractivity contribution in [3.8, 4) is 5.75 Å². The lowest BCUT2D eigenvalue weighted by molar-refractivity contribution is 0.108. The molecule has 1 unspecified atom stereocenters. The van der Waals surface area contributed by atoms with Gasteiger partial charge in [-0.3, -0.25) is 0 Å². The van der Waals surface area contributed by atoms with Gasteiger partial charge in [-0.2, -0.15) is 0 Å². The van der Waals surface area contributed by atoms with E-state index >= 15 is 0 Å². The first kappa shape index (κ1) is 13.8. The molecule has 0 saturated heterocycles. The lowest BCUT2D eigenvalue weighted by Crippen LogP contribution is -2.11. The van der Waals surface area contributed by atoms with Crippen LogP contribution in [-0.4, -0.2) is 11.7 Å². The molecular formula is C14H13BrFNO2. The fourth-order valence-electron chi connectivity index (χ4n) is 1.65. The molecule has 0 fully saturated rings. The molecule has 2 aromatic rings. The zero-order chi connectivity index (χ0) is 13.8. The molecule has 0 heterocycles. The monoisotopic (exact) mass is 325 g/mol. The summed E-state index contributed by atoms with van der Waals surface area (Å²) in [6.45, 7) is 0.0479. The molecule has 100 valence electrons. The van der Waals surface area contributed by atoms with Gasteiger partial charge in [-0.15, -0.1) is 0 Å². The van der Waals surface area contributed by atoms with E-state index in [-0.39, 0.29) is 12.4 Å². The number of hydrogen-bond acceptors (Lipinski definition) is 3. The molecule has 2 aromatic carbocycles. The van der Waals surface area contributed by atoms with Crippen LogP contribution in [0.2, 0.25) is 0 Å². The highest BCUT2D eigenvalue weighted by atomic mass is 79.9. The Kier molecular flexibility index (Phi) is 4.39. The van der Waals surface area contributed by atoms with Crippen LogP contribution in [0.25, 0.3) is 0 Å². The number of nitrogen functional groups attached to an aromatic ring is 1. The van der Waals surface area contributed by atoms with Gasteiger partial charge in [-0.1, -0.05) is 18.2 Å². The molecule has 0 aliphatic rings. The first-order chi connectivity index (χ1) is 9.08. The van der Waals surface area contributed by atoms with Crippen LogP contribution in [0, 0.1) is 5.82 Å². The lowest BCUT2D eigenvalue weighted by atomic mass is 10.1. The van der Waals surface area contributed by atoms with E-state index in [4.69, 9.17) is 10.5 Å². The first-order valence-corrected chi connectivity index (χ1v) is 6.47. The summed E-state index contributed by atoms with van der Waals surface area (Å²) in [4.78, 5) is 0. The smallest absolute Gasteiger partial charge is 0.137 e. The molecule has 1 atom stereocenters. The zero-order valence-corrected chi connectivity index (χ0v) is 11.6. The minimum absolute atomic E-state index is 0.0479. The summed E-state index contributed by atoms with van der Waals surface area (Å²) in [6, 6.07) is 11.4. The van der Waals surface area contributed by atoms with Crippen LogP contribution in [0.15, 0.2) is 46.9 Å². The maximum absolute atomic E-state index is 13.0. The number of halogens is 2. The van der Waals surface area contributed by atoms with Crippen molar-refractivity contribution in [2.24, 2.45) is 0 Å². The van der Waals surface area contributed by atoms with Crippen molar-refractivity contribution in [2.75, 3.05) is 12.3 Å². The SMILES string of the molecule is Nc1ccccc1C(O)COc1ccc(F)c(Br)c1. The average molecular weight is 326 g/mol. The molecule has 3 N–H and O–H groups in total. The largest absolute Gasteiger partial charge is 0.490 e. The molecule has 2 rings (SSSR count). The predicted molar refractivity (Wildman–Crippen MR) is 75.4 cm³/mol. The van der Waals surface area contributed by atoms with Crippen molar-refractivity contribution in [1.29, 1.82) is 0 Å². The van der Waals surface area contributed by atoms with Crippen molar-refractivity contribution < 1.29 is 14.2 Å². The van der Waals surface area contributed by atoms with Crippen molar-refractivity contribution in [2.45, 2.75) is 6.10 Å². The van der Waals surface area contributed by atoms with E-state index in [2.05, 4.69) is 15.9 Å². The Labute approximate surface area is 118 Å². The standard InChI is InChI=1S/C14H13BrFNO2/c15-11-7-9(5-6-12(11)16)19-8-14(18)10-3-1-2-4-13(10)17/h1-7,14,18H,8,17H2. The number of aliphatic hydroxyl groups is 1. The van der Waals surface area contributed by atoms with Crippen LogP contribution in [0.4, 0.5) is 10.1 Å². The fourth-order valence-corrected chi connectivity index (χ4v) is 2.00. The molecule has 0 saturated carbocycles. The third-order valence-corrected chi connectivity index (χ3v) is 3.26. The predicted octanol–water partition coefficient (Wildman–Crippen LogP) is 3.28. The number of nitrogens with two attached hydrogens (primary N) is 1. The second kappa shape index (κ2) is 6.04. The number of benzene rings is 2. The van der Waals surface area contributed by atoms with Crippen molar-refractivity contribution in [1.82, 2.24) is 0 Å². The van der Waals surface area contributed by atoms with Gasteiger partial charge in [0.2, 0.25) is 0 Å². The number of ether oxygens (including phenoxy) is 1. The minimum Gasteiger partial charge on any atom is -0.490 e. The molecule has 0 spiro atoms. The van der Waals surface area contributed by atoms with Crippen LogP contribution in [-0.2, 0) is 0 Å². The van der Waals surface area contributed by atoms with E-state index < -0.39 is 6.10 Å². The van der Waals surface area contributed by atoms with Gasteiger partial charge in [0.1, 0.15) is 24.3 Å². The third-order valence-electron chi connectivity index (χ3n) is 2.65. The Morgan fingerprint density at radius 2 is 2.00 bits per heavy atom. The second-order valence-electron chi connectivity index (χ2n) is 4.03. The summed E-state index contributed by atoms with van der Waals surface area (Å²) in [5.74, 6) is 0.113. The molecule has 0 aliphatic carbocycles. The number of anilines is 1. The van der Waals surface area contributed by atoms with Crippen LogP contribution in [0.1, 0.15) is 11.7 Å². The fraction of sp³-hybridized carbons (Fsp3) is 0.143. The van der Waals surface area contributed by atoms with Crippen LogP contribution < -0.4 is 10.5 Å². The highest BCUT2D eigenvalue weighted by molar-refractivity contribution is 9.10. The van der Waals surface area contributed by atoms with Crippen LogP contribution in [0.3, 0.4) is 0 Å². The van der Waals surface area contributed by atoms with Gasteiger partial charge < -0.3 is 15.6 Å². The molecule has 5 heteroatoms. The molecule has 19 heavy (non-hydrogen) atoms. The first-order valence-electron chi connectivity index (χ1n) is 5.68. The Morgan fingerprint density at radius 1 is 1.26 bits per heavy atom. The maximum atomic E-state index is 13.0. The Balaban J connectivity index is 2.02. The summed E-state index contributed by atoms with van der Waals surface area (Å²) >= 11 is 3.07. The maximum Gasteiger partial charge on any atom is 0.137 e. The topological polar surface area (TPSA) is 55.5 Å². The average Bonchev–Trinajstić information content (AvgIpc) is 2.40. The van der Waals surface area contributed by atoms with Crippen LogP contribution in [0.5, 0.6) is 5.75 Å². The Bertz CT molecular complexity index is 577. The molecule has 0 radical (unpaired) electrons.